The van der Waals surface area contributed by atoms with Crippen LogP contribution in [0.15, 0.2) is 0 Å². The fourth-order valence-electron chi connectivity index (χ4n) is 1.25. The van der Waals surface area contributed by atoms with Gasteiger partial charge in [0.05, 0.1) is 0 Å². The van der Waals surface area contributed by atoms with Crippen LogP contribution in [-0.2, 0) is 19.1 Å². The van der Waals surface area contributed by atoms with Crippen molar-refractivity contribution in [2.75, 3.05) is 32.2 Å². The molecule has 1 atom stereocenters. The van der Waals surface area contributed by atoms with Crippen LogP contribution >= 0.6 is 21.6 Å². The molecule has 0 radical (unpaired) electrons. The van der Waals surface area contributed by atoms with Crippen LogP contribution in [0.2, 0.25) is 0 Å². The molecule has 0 aliphatic heterocycles. The fraction of sp³-hybridized carbons (Fsp3) is 0.750. The first kappa shape index (κ1) is 19.3. The number of rotatable bonds is 11. The lowest BCUT2D eigenvalue weighted by Gasteiger charge is -2.13. The second-order valence-electron chi connectivity index (χ2n) is 3.99. The van der Waals surface area contributed by atoms with E-state index < -0.39 is 6.10 Å². The molecule has 20 heavy (non-hydrogen) atoms. The van der Waals surface area contributed by atoms with Gasteiger partial charge in [0.1, 0.15) is 11.9 Å². The summed E-state index contributed by atoms with van der Waals surface area (Å²) in [7, 11) is 6.21. The predicted molar refractivity (Wildman–Crippen MR) is 82.7 cm³/mol. The zero-order valence-corrected chi connectivity index (χ0v) is 13.7. The Hall–Kier alpha value is -0.730. The molecule has 116 valence electrons. The summed E-state index contributed by atoms with van der Waals surface area (Å²) in [6, 6.07) is 0. The van der Waals surface area contributed by atoms with Crippen molar-refractivity contribution in [1.82, 2.24) is 10.6 Å². The molecule has 0 aromatic heterocycles. The largest absolute Gasteiger partial charge is 0.371 e. The Morgan fingerprint density at radius 2 is 1.85 bits per heavy atom. The third-order valence-electron chi connectivity index (χ3n) is 2.31. The van der Waals surface area contributed by atoms with E-state index in [0.717, 1.165) is 11.5 Å². The Balaban J connectivity index is 3.60. The van der Waals surface area contributed by atoms with E-state index in [1.54, 1.807) is 28.6 Å². The Morgan fingerprint density at radius 3 is 2.40 bits per heavy atom. The molecule has 0 bridgehead atoms. The zero-order chi connectivity index (χ0) is 15.4. The van der Waals surface area contributed by atoms with E-state index in [1.807, 2.05) is 0 Å². The number of methoxy groups -OCH3 is 1. The quantitative estimate of drug-likeness (QED) is 0.428. The van der Waals surface area contributed by atoms with Gasteiger partial charge in [-0.05, 0) is 6.92 Å². The molecule has 0 aromatic rings. The molecule has 0 saturated heterocycles. The molecular formula is C12H22N2O4S2. The molecule has 2 amide bonds. The lowest BCUT2D eigenvalue weighted by Crippen LogP contribution is -2.38. The van der Waals surface area contributed by atoms with Crippen LogP contribution in [0.5, 0.6) is 0 Å². The Labute approximate surface area is 127 Å². The smallest absolute Gasteiger partial charge is 0.249 e. The van der Waals surface area contributed by atoms with Gasteiger partial charge in [-0.1, -0.05) is 21.6 Å². The number of carbonyl (C=O) groups excluding carboxylic acids is 3. The summed E-state index contributed by atoms with van der Waals surface area (Å²) in [5.74, 6) is 1.16. The van der Waals surface area contributed by atoms with E-state index in [9.17, 15) is 14.4 Å². The third-order valence-corrected chi connectivity index (χ3v) is 4.72. The van der Waals surface area contributed by atoms with Gasteiger partial charge in [-0.15, -0.1) is 0 Å². The zero-order valence-electron chi connectivity index (χ0n) is 12.1. The maximum atomic E-state index is 11.7. The van der Waals surface area contributed by atoms with Gasteiger partial charge in [0, 0.05) is 45.0 Å². The van der Waals surface area contributed by atoms with Crippen molar-refractivity contribution in [2.24, 2.45) is 0 Å². The van der Waals surface area contributed by atoms with Gasteiger partial charge in [-0.2, -0.15) is 0 Å². The van der Waals surface area contributed by atoms with E-state index in [4.69, 9.17) is 4.74 Å². The van der Waals surface area contributed by atoms with Crippen LogP contribution in [0, 0.1) is 0 Å². The van der Waals surface area contributed by atoms with Crippen LogP contribution in [0.1, 0.15) is 19.8 Å². The van der Waals surface area contributed by atoms with Crippen LogP contribution in [-0.4, -0.2) is 55.9 Å². The fourth-order valence-corrected chi connectivity index (χ4v) is 3.15. The maximum Gasteiger partial charge on any atom is 0.249 e. The Bertz CT molecular complexity index is 327. The Morgan fingerprint density at radius 1 is 1.20 bits per heavy atom. The lowest BCUT2D eigenvalue weighted by molar-refractivity contribution is -0.135. The SMILES string of the molecule is CNC(=O)CCSSCCNC(=O)C(CC(C)=O)OC. The van der Waals surface area contributed by atoms with Gasteiger partial charge < -0.3 is 15.4 Å². The second-order valence-corrected chi connectivity index (χ2v) is 6.69. The molecule has 6 nitrogen and oxygen atoms in total. The van der Waals surface area contributed by atoms with Gasteiger partial charge in [0.25, 0.3) is 0 Å². The minimum atomic E-state index is -0.710. The first-order valence-electron chi connectivity index (χ1n) is 6.26. The predicted octanol–water partition coefficient (Wildman–Crippen LogP) is 0.614. The molecule has 0 spiro atoms. The third kappa shape index (κ3) is 10.1. The van der Waals surface area contributed by atoms with Crippen molar-refractivity contribution >= 4 is 39.2 Å². The average molecular weight is 322 g/mol. The van der Waals surface area contributed by atoms with Gasteiger partial charge in [-0.3, -0.25) is 14.4 Å². The number of ether oxygens (including phenoxy) is 1. The highest BCUT2D eigenvalue weighted by Crippen LogP contribution is 2.20. The summed E-state index contributed by atoms with van der Waals surface area (Å²) in [6.45, 7) is 1.94. The van der Waals surface area contributed by atoms with Crippen molar-refractivity contribution in [3.05, 3.63) is 0 Å². The molecule has 0 saturated carbocycles. The first-order valence-corrected chi connectivity index (χ1v) is 8.75. The number of carbonyl (C=O) groups is 3. The molecule has 1 unspecified atom stereocenters. The maximum absolute atomic E-state index is 11.7. The van der Waals surface area contributed by atoms with Gasteiger partial charge in [0.15, 0.2) is 0 Å². The van der Waals surface area contributed by atoms with Crippen molar-refractivity contribution in [2.45, 2.75) is 25.9 Å². The summed E-state index contributed by atoms with van der Waals surface area (Å²) in [5.41, 5.74) is 0. The Kier molecular flexibility index (Phi) is 11.6. The minimum Gasteiger partial charge on any atom is -0.371 e. The highest BCUT2D eigenvalue weighted by molar-refractivity contribution is 8.76. The minimum absolute atomic E-state index is 0.0265. The lowest BCUT2D eigenvalue weighted by atomic mass is 10.2. The van der Waals surface area contributed by atoms with Crippen molar-refractivity contribution < 1.29 is 19.1 Å². The molecule has 0 fully saturated rings. The summed E-state index contributed by atoms with van der Waals surface area (Å²) in [4.78, 5) is 33.6. The topological polar surface area (TPSA) is 84.5 Å². The number of ketones is 1. The molecule has 8 heteroatoms. The molecule has 0 aliphatic rings. The van der Waals surface area contributed by atoms with E-state index in [1.165, 1.54) is 14.0 Å². The van der Waals surface area contributed by atoms with Crippen LogP contribution in [0.25, 0.3) is 0 Å². The molecule has 0 heterocycles. The van der Waals surface area contributed by atoms with Crippen molar-refractivity contribution in [3.8, 4) is 0 Å². The van der Waals surface area contributed by atoms with E-state index in [0.29, 0.717) is 13.0 Å². The van der Waals surface area contributed by atoms with Gasteiger partial charge >= 0.3 is 0 Å². The summed E-state index contributed by atoms with van der Waals surface area (Å²) >= 11 is 0. The number of hydrogen-bond donors (Lipinski definition) is 2. The molecular weight excluding hydrogens is 300 g/mol. The second kappa shape index (κ2) is 12.0. The number of amides is 2. The number of hydrogen-bond acceptors (Lipinski definition) is 6. The van der Waals surface area contributed by atoms with E-state index in [2.05, 4.69) is 10.6 Å². The number of nitrogens with one attached hydrogen (secondary N) is 2. The number of Topliss-reactive ketones (excluding diaryl/α,β-unsaturated/α-hetero) is 1. The molecule has 0 rings (SSSR count). The summed E-state index contributed by atoms with van der Waals surface area (Å²) in [5, 5.41) is 5.28. The average Bonchev–Trinajstić information content (AvgIpc) is 2.42. The van der Waals surface area contributed by atoms with Gasteiger partial charge in [-0.25, -0.2) is 0 Å². The summed E-state index contributed by atoms with van der Waals surface area (Å²) in [6.07, 6.45) is -0.125. The van der Waals surface area contributed by atoms with E-state index >= 15 is 0 Å². The van der Waals surface area contributed by atoms with Crippen LogP contribution in [0.3, 0.4) is 0 Å². The first-order chi connectivity index (χ1) is 9.51. The monoisotopic (exact) mass is 322 g/mol. The van der Waals surface area contributed by atoms with Gasteiger partial charge in [0.2, 0.25) is 11.8 Å². The molecule has 0 aromatic carbocycles. The van der Waals surface area contributed by atoms with Crippen LogP contribution < -0.4 is 10.6 Å². The molecule has 0 aliphatic carbocycles. The molecule has 2 N–H and O–H groups in total. The van der Waals surface area contributed by atoms with Crippen LogP contribution in [0.4, 0.5) is 0 Å². The summed E-state index contributed by atoms with van der Waals surface area (Å²) < 4.78 is 4.97. The van der Waals surface area contributed by atoms with E-state index in [-0.39, 0.29) is 24.0 Å². The highest BCUT2D eigenvalue weighted by Gasteiger charge is 2.18. The normalized spacial score (nSPS) is 11.8. The highest BCUT2D eigenvalue weighted by atomic mass is 33.1. The van der Waals surface area contributed by atoms with Crippen molar-refractivity contribution in [1.29, 1.82) is 0 Å². The standard InChI is InChI=1S/C12H22N2O4S2/c1-9(15)8-10(18-3)12(17)14-5-7-20-19-6-4-11(16)13-2/h10H,4-8H2,1-3H3,(H,13,16)(H,14,17). The van der Waals surface area contributed by atoms with Crippen molar-refractivity contribution in [3.63, 3.8) is 0 Å².